The summed E-state index contributed by atoms with van der Waals surface area (Å²) in [6.45, 7) is 5.88. The van der Waals surface area contributed by atoms with Crippen LogP contribution in [0.3, 0.4) is 0 Å². The Morgan fingerprint density at radius 1 is 1.17 bits per heavy atom. The van der Waals surface area contributed by atoms with Gasteiger partial charge in [-0.1, -0.05) is 12.1 Å². The number of halogens is 3. The van der Waals surface area contributed by atoms with Crippen molar-refractivity contribution in [2.45, 2.75) is 76.2 Å². The average Bonchev–Trinajstić information content (AvgIpc) is 3.21. The van der Waals surface area contributed by atoms with Gasteiger partial charge in [0.15, 0.2) is 0 Å². The Morgan fingerprint density at radius 3 is 2.60 bits per heavy atom. The van der Waals surface area contributed by atoms with Gasteiger partial charge in [0.25, 0.3) is 0 Å². The SMILES string of the molecule is CC(C)(C)OC(=O)NC1CCC(C(=O)N2CCc3ccc(C(F)(F)F)cc3C2)(c2cccnc2)C1. The minimum absolute atomic E-state index is 0.115. The summed E-state index contributed by atoms with van der Waals surface area (Å²) in [6.07, 6.45) is 0.223. The molecule has 2 atom stereocenters. The van der Waals surface area contributed by atoms with E-state index in [9.17, 15) is 22.8 Å². The molecule has 35 heavy (non-hydrogen) atoms. The highest BCUT2D eigenvalue weighted by molar-refractivity contribution is 5.89. The van der Waals surface area contributed by atoms with Crippen LogP contribution in [0.15, 0.2) is 42.7 Å². The molecular weight excluding hydrogens is 459 g/mol. The van der Waals surface area contributed by atoms with Gasteiger partial charge in [-0.15, -0.1) is 0 Å². The third-order valence-electron chi connectivity index (χ3n) is 6.69. The lowest BCUT2D eigenvalue weighted by Gasteiger charge is -2.37. The van der Waals surface area contributed by atoms with E-state index in [2.05, 4.69) is 10.3 Å². The topological polar surface area (TPSA) is 71.5 Å². The van der Waals surface area contributed by atoms with Crippen molar-refractivity contribution in [1.82, 2.24) is 15.2 Å². The molecule has 2 heterocycles. The average molecular weight is 490 g/mol. The van der Waals surface area contributed by atoms with Crippen molar-refractivity contribution in [3.8, 4) is 0 Å². The number of fused-ring (bicyclic) bond motifs is 1. The minimum Gasteiger partial charge on any atom is -0.444 e. The Balaban J connectivity index is 1.58. The summed E-state index contributed by atoms with van der Waals surface area (Å²) in [7, 11) is 0. The number of amides is 2. The lowest BCUT2D eigenvalue weighted by molar-refractivity contribution is -0.138. The minimum atomic E-state index is -4.44. The summed E-state index contributed by atoms with van der Waals surface area (Å²) in [4.78, 5) is 32.2. The highest BCUT2D eigenvalue weighted by Gasteiger charge is 2.49. The molecule has 1 fully saturated rings. The normalized spacial score (nSPS) is 22.5. The number of alkyl carbamates (subject to hydrolysis) is 1. The number of rotatable bonds is 3. The number of ether oxygens (including phenoxy) is 1. The molecule has 1 aliphatic heterocycles. The third kappa shape index (κ3) is 5.44. The maximum atomic E-state index is 14.0. The van der Waals surface area contributed by atoms with E-state index >= 15 is 0 Å². The quantitative estimate of drug-likeness (QED) is 0.659. The lowest BCUT2D eigenvalue weighted by Crippen LogP contribution is -2.48. The van der Waals surface area contributed by atoms with Gasteiger partial charge >= 0.3 is 12.3 Å². The predicted octanol–water partition coefficient (Wildman–Crippen LogP) is 5.00. The summed E-state index contributed by atoms with van der Waals surface area (Å²) < 4.78 is 45.2. The van der Waals surface area contributed by atoms with Gasteiger partial charge in [0.2, 0.25) is 5.91 Å². The van der Waals surface area contributed by atoms with Crippen molar-refractivity contribution in [3.05, 3.63) is 65.0 Å². The van der Waals surface area contributed by atoms with Gasteiger partial charge < -0.3 is 15.0 Å². The molecule has 9 heteroatoms. The first kappa shape index (κ1) is 25.0. The van der Waals surface area contributed by atoms with Gasteiger partial charge in [-0.25, -0.2) is 4.79 Å². The van der Waals surface area contributed by atoms with Crippen molar-refractivity contribution < 1.29 is 27.5 Å². The Kier molecular flexibility index (Phi) is 6.55. The molecule has 0 spiro atoms. The van der Waals surface area contributed by atoms with Crippen LogP contribution in [-0.4, -0.2) is 40.1 Å². The number of carbonyl (C=O) groups excluding carboxylic acids is 2. The fourth-order valence-corrected chi connectivity index (χ4v) is 5.08. The fraction of sp³-hybridized carbons (Fsp3) is 0.500. The predicted molar refractivity (Wildman–Crippen MR) is 123 cm³/mol. The van der Waals surface area contributed by atoms with Crippen molar-refractivity contribution in [2.75, 3.05) is 6.54 Å². The maximum Gasteiger partial charge on any atom is 0.416 e. The lowest BCUT2D eigenvalue weighted by atomic mass is 9.77. The van der Waals surface area contributed by atoms with E-state index < -0.39 is 28.8 Å². The number of hydrogen-bond donors (Lipinski definition) is 1. The molecule has 0 radical (unpaired) electrons. The molecule has 188 valence electrons. The van der Waals surface area contributed by atoms with E-state index in [0.717, 1.165) is 23.3 Å². The van der Waals surface area contributed by atoms with Crippen LogP contribution in [0.25, 0.3) is 0 Å². The number of aromatic nitrogens is 1. The molecular formula is C26H30F3N3O3. The van der Waals surface area contributed by atoms with Crippen LogP contribution in [0.4, 0.5) is 18.0 Å². The second kappa shape index (κ2) is 9.17. The molecule has 1 aromatic carbocycles. The molecule has 1 aliphatic carbocycles. The van der Waals surface area contributed by atoms with E-state index in [4.69, 9.17) is 4.74 Å². The summed E-state index contributed by atoms with van der Waals surface area (Å²) in [6, 6.07) is 7.08. The number of pyridine rings is 1. The number of hydrogen-bond acceptors (Lipinski definition) is 4. The number of carbonyl (C=O) groups is 2. The van der Waals surface area contributed by atoms with E-state index in [0.29, 0.717) is 37.8 Å². The zero-order chi connectivity index (χ0) is 25.4. The van der Waals surface area contributed by atoms with Crippen LogP contribution in [0.5, 0.6) is 0 Å². The second-order valence-electron chi connectivity index (χ2n) is 10.4. The van der Waals surface area contributed by atoms with Crippen LogP contribution >= 0.6 is 0 Å². The number of nitrogens with zero attached hydrogens (tertiary/aromatic N) is 2. The van der Waals surface area contributed by atoms with Crippen molar-refractivity contribution in [1.29, 1.82) is 0 Å². The van der Waals surface area contributed by atoms with Crippen LogP contribution in [0.2, 0.25) is 0 Å². The van der Waals surface area contributed by atoms with E-state index in [1.165, 1.54) is 6.07 Å². The van der Waals surface area contributed by atoms with Crippen LogP contribution in [0.1, 0.15) is 62.3 Å². The Labute approximate surface area is 202 Å². The maximum absolute atomic E-state index is 14.0. The summed E-state index contributed by atoms with van der Waals surface area (Å²) in [5.74, 6) is -0.151. The molecule has 2 aromatic rings. The van der Waals surface area contributed by atoms with Crippen LogP contribution in [0, 0.1) is 0 Å². The molecule has 0 bridgehead atoms. The zero-order valence-corrected chi connectivity index (χ0v) is 20.1. The molecule has 1 aromatic heterocycles. The van der Waals surface area contributed by atoms with Gasteiger partial charge in [-0.05, 0) is 81.3 Å². The van der Waals surface area contributed by atoms with Crippen LogP contribution < -0.4 is 5.32 Å². The Morgan fingerprint density at radius 2 is 1.94 bits per heavy atom. The largest absolute Gasteiger partial charge is 0.444 e. The molecule has 6 nitrogen and oxygen atoms in total. The van der Waals surface area contributed by atoms with Gasteiger partial charge in [-0.2, -0.15) is 13.2 Å². The standard InChI is InChI=1S/C26H30F3N3O3/c1-24(2,3)35-23(34)31-21-8-10-25(14-21,20-5-4-11-30-15-20)22(33)32-12-9-17-6-7-19(26(27,28)29)13-18(17)16-32/h4-7,11,13,15,21H,8-10,12,14,16H2,1-3H3,(H,31,34). The van der Waals surface area contributed by atoms with Gasteiger partial charge in [0.05, 0.1) is 11.0 Å². The third-order valence-corrected chi connectivity index (χ3v) is 6.69. The summed E-state index contributed by atoms with van der Waals surface area (Å²) >= 11 is 0. The van der Waals surface area contributed by atoms with Gasteiger partial charge in [0, 0.05) is 31.5 Å². The van der Waals surface area contributed by atoms with E-state index in [-0.39, 0.29) is 18.5 Å². The Bertz CT molecular complexity index is 1100. The van der Waals surface area contributed by atoms with E-state index in [1.54, 1.807) is 44.1 Å². The van der Waals surface area contributed by atoms with Gasteiger partial charge in [-0.3, -0.25) is 9.78 Å². The highest BCUT2D eigenvalue weighted by atomic mass is 19.4. The first-order valence-electron chi connectivity index (χ1n) is 11.8. The van der Waals surface area contributed by atoms with Crippen molar-refractivity contribution in [3.63, 3.8) is 0 Å². The second-order valence-corrected chi connectivity index (χ2v) is 10.4. The Hall–Kier alpha value is -3.10. The van der Waals surface area contributed by atoms with Crippen LogP contribution in [-0.2, 0) is 34.1 Å². The van der Waals surface area contributed by atoms with Gasteiger partial charge in [0.1, 0.15) is 5.60 Å². The fourth-order valence-electron chi connectivity index (χ4n) is 5.08. The number of alkyl halides is 3. The summed E-state index contributed by atoms with van der Waals surface area (Å²) in [5, 5.41) is 2.88. The number of benzene rings is 1. The molecule has 2 unspecified atom stereocenters. The molecule has 2 amide bonds. The first-order chi connectivity index (χ1) is 16.4. The number of nitrogens with one attached hydrogen (secondary N) is 1. The highest BCUT2D eigenvalue weighted by Crippen LogP contribution is 2.43. The molecule has 1 N–H and O–H groups in total. The first-order valence-corrected chi connectivity index (χ1v) is 11.8. The molecule has 4 rings (SSSR count). The summed E-state index contributed by atoms with van der Waals surface area (Å²) in [5.41, 5.74) is -0.193. The molecule has 1 saturated carbocycles. The smallest absolute Gasteiger partial charge is 0.416 e. The van der Waals surface area contributed by atoms with Crippen molar-refractivity contribution >= 4 is 12.0 Å². The molecule has 0 saturated heterocycles. The zero-order valence-electron chi connectivity index (χ0n) is 20.1. The van der Waals surface area contributed by atoms with E-state index in [1.807, 2.05) is 6.07 Å². The molecule has 2 aliphatic rings. The monoisotopic (exact) mass is 489 g/mol. The van der Waals surface area contributed by atoms with Crippen molar-refractivity contribution in [2.24, 2.45) is 0 Å².